The van der Waals surface area contributed by atoms with Crippen LogP contribution >= 0.6 is 0 Å². The number of hydrogen-bond acceptors (Lipinski definition) is 3. The highest BCUT2D eigenvalue weighted by Gasteiger charge is 2.30. The van der Waals surface area contributed by atoms with E-state index in [1.807, 2.05) is 12.1 Å². The van der Waals surface area contributed by atoms with Crippen molar-refractivity contribution in [1.82, 2.24) is 0 Å². The molecule has 3 aromatic rings. The summed E-state index contributed by atoms with van der Waals surface area (Å²) in [6.45, 7) is 12.4. The molecule has 4 nitrogen and oxygen atoms in total. The lowest BCUT2D eigenvalue weighted by Gasteiger charge is -2.20. The molecule has 0 aliphatic heterocycles. The van der Waals surface area contributed by atoms with E-state index in [-0.39, 0.29) is 21.7 Å². The minimum atomic E-state index is -4.79. The van der Waals surface area contributed by atoms with Crippen LogP contribution in [-0.2, 0) is 31.8 Å². The van der Waals surface area contributed by atoms with Gasteiger partial charge >= 0.3 is 10.1 Å². The van der Waals surface area contributed by atoms with Crippen LogP contribution < -0.4 is 4.74 Å². The van der Waals surface area contributed by atoms with Gasteiger partial charge in [0.1, 0.15) is 12.4 Å². The topological polar surface area (TPSA) is 63.6 Å². The summed E-state index contributed by atoms with van der Waals surface area (Å²) in [6, 6.07) is 24.6. The molecule has 1 N–H and O–H groups in total. The summed E-state index contributed by atoms with van der Waals surface area (Å²) in [5.41, 5.74) is 0.147. The third-order valence-electron chi connectivity index (χ3n) is 5.68. The molecule has 35 heavy (non-hydrogen) atoms. The fourth-order valence-corrected chi connectivity index (χ4v) is 5.79. The van der Waals surface area contributed by atoms with Crippen molar-refractivity contribution in [2.24, 2.45) is 0 Å². The average Bonchev–Trinajstić information content (AvgIpc) is 2.77. The Balaban J connectivity index is 1.95. The largest absolute Gasteiger partial charge is 0.489 e. The van der Waals surface area contributed by atoms with E-state index in [9.17, 15) is 12.8 Å². The molecule has 0 aliphatic rings. The Kier molecular flexibility index (Phi) is 8.04. The molecule has 0 spiro atoms. The quantitative estimate of drug-likeness (QED) is 0.272. The molecule has 0 aromatic heterocycles. The molecule has 3 aromatic carbocycles. The van der Waals surface area contributed by atoms with Crippen LogP contribution in [0.1, 0.15) is 52.7 Å². The highest BCUT2D eigenvalue weighted by molar-refractivity contribution is 7.97. The second-order valence-corrected chi connectivity index (χ2v) is 14.1. The zero-order valence-corrected chi connectivity index (χ0v) is 22.7. The first-order valence-electron chi connectivity index (χ1n) is 11.4. The first kappa shape index (κ1) is 27.2. The summed E-state index contributed by atoms with van der Waals surface area (Å²) in [4.78, 5) is 3.40. The Labute approximate surface area is 211 Å². The predicted octanol–water partition coefficient (Wildman–Crippen LogP) is 6.94. The third-order valence-corrected chi connectivity index (χ3v) is 8.69. The minimum absolute atomic E-state index is 0.0564. The zero-order valence-electron chi connectivity index (χ0n) is 21.1. The van der Waals surface area contributed by atoms with E-state index in [4.69, 9.17) is 9.29 Å². The van der Waals surface area contributed by atoms with Gasteiger partial charge in [0.05, 0.1) is 10.9 Å². The first-order valence-corrected chi connectivity index (χ1v) is 14.2. The van der Waals surface area contributed by atoms with Gasteiger partial charge < -0.3 is 4.74 Å². The summed E-state index contributed by atoms with van der Waals surface area (Å²) in [6.07, 6.45) is 0. The summed E-state index contributed by atoms with van der Waals surface area (Å²) >= 11 is 0. The van der Waals surface area contributed by atoms with E-state index in [1.54, 1.807) is 12.1 Å². The zero-order chi connectivity index (χ0) is 26.0. The number of hydrogen-bond donors (Lipinski definition) is 1. The van der Waals surface area contributed by atoms with E-state index >= 15 is 0 Å². The lowest BCUT2D eigenvalue weighted by atomic mass is 9.87. The average molecular weight is 518 g/mol. The van der Waals surface area contributed by atoms with E-state index in [1.165, 1.54) is 20.9 Å². The highest BCUT2D eigenvalue weighted by Crippen LogP contribution is 2.35. The Bertz CT molecular complexity index is 1170. The smallest absolute Gasteiger partial charge is 0.301 e. The fourth-order valence-electron chi connectivity index (χ4n) is 3.51. The Hall–Kier alpha value is -2.35. The van der Waals surface area contributed by atoms with Gasteiger partial charge in [0.15, 0.2) is 14.7 Å². The van der Waals surface area contributed by atoms with Crippen LogP contribution in [0.2, 0.25) is 0 Å². The van der Waals surface area contributed by atoms with E-state index in [0.717, 1.165) is 4.90 Å². The van der Waals surface area contributed by atoms with Gasteiger partial charge in [-0.3, -0.25) is 4.55 Å². The fraction of sp³-hybridized carbons (Fsp3) is 0.357. The molecule has 0 aliphatic carbocycles. The maximum Gasteiger partial charge on any atom is 0.301 e. The van der Waals surface area contributed by atoms with Crippen LogP contribution in [0.15, 0.2) is 87.5 Å². The lowest BCUT2D eigenvalue weighted by Crippen LogP contribution is -2.22. The van der Waals surface area contributed by atoms with Gasteiger partial charge in [0.2, 0.25) is 0 Å². The second kappa shape index (κ2) is 10.3. The number of alkyl halides is 1. The van der Waals surface area contributed by atoms with Crippen molar-refractivity contribution in [3.8, 4) is 5.75 Å². The predicted molar refractivity (Wildman–Crippen MR) is 141 cm³/mol. The Morgan fingerprint density at radius 1 is 0.743 bits per heavy atom. The minimum Gasteiger partial charge on any atom is -0.489 e. The summed E-state index contributed by atoms with van der Waals surface area (Å²) in [7, 11) is -5.17. The molecule has 0 saturated carbocycles. The molecule has 3 rings (SSSR count). The summed E-state index contributed by atoms with van der Waals surface area (Å²) < 4.78 is 49.3. The van der Waals surface area contributed by atoms with Crippen LogP contribution in [0.3, 0.4) is 0 Å². The van der Waals surface area contributed by atoms with Crippen molar-refractivity contribution in [2.45, 2.75) is 72.6 Å². The molecule has 0 amide bonds. The Morgan fingerprint density at radius 3 is 1.40 bits per heavy atom. The summed E-state index contributed by atoms with van der Waals surface area (Å²) in [5, 5.41) is 0. The van der Waals surface area contributed by atoms with Gasteiger partial charge in [-0.2, -0.15) is 8.42 Å². The molecule has 0 bridgehead atoms. The molecule has 0 heterocycles. The van der Waals surface area contributed by atoms with Gasteiger partial charge in [-0.25, -0.2) is 4.39 Å². The van der Waals surface area contributed by atoms with Crippen LogP contribution in [-0.4, -0.2) is 25.1 Å². The van der Waals surface area contributed by atoms with Gasteiger partial charge in [-0.15, -0.1) is 0 Å². The third kappa shape index (κ3) is 7.09. The lowest BCUT2D eigenvalue weighted by molar-refractivity contribution is 0.235. The molecule has 1 unspecified atom stereocenters. The Morgan fingerprint density at radius 2 is 1.09 bits per heavy atom. The van der Waals surface area contributed by atoms with Crippen molar-refractivity contribution >= 4 is 21.0 Å². The molecule has 0 radical (unpaired) electrons. The van der Waals surface area contributed by atoms with Crippen LogP contribution in [0, 0.1) is 0 Å². The number of halogens is 1. The number of benzene rings is 3. The first-order chi connectivity index (χ1) is 16.2. The second-order valence-electron chi connectivity index (χ2n) is 10.6. The van der Waals surface area contributed by atoms with Crippen LogP contribution in [0.4, 0.5) is 4.39 Å². The molecule has 1 atom stereocenters. The van der Waals surface area contributed by atoms with Gasteiger partial charge in [0.25, 0.3) is 5.50 Å². The monoisotopic (exact) mass is 517 g/mol. The van der Waals surface area contributed by atoms with Gasteiger partial charge in [-0.1, -0.05) is 65.8 Å². The van der Waals surface area contributed by atoms with Gasteiger partial charge in [0, 0.05) is 0 Å². The molecular weight excluding hydrogens is 483 g/mol. The maximum absolute atomic E-state index is 13.5. The van der Waals surface area contributed by atoms with Crippen molar-refractivity contribution in [3.63, 3.8) is 0 Å². The maximum atomic E-state index is 13.5. The van der Waals surface area contributed by atoms with Gasteiger partial charge in [-0.05, 0) is 70.5 Å². The molecule has 7 heteroatoms. The van der Waals surface area contributed by atoms with Crippen molar-refractivity contribution in [2.75, 3.05) is 6.61 Å². The molecule has 0 fully saturated rings. The summed E-state index contributed by atoms with van der Waals surface area (Å²) in [5.74, 6) is 0.328. The van der Waals surface area contributed by atoms with Crippen molar-refractivity contribution in [1.29, 1.82) is 0 Å². The number of rotatable bonds is 7. The molecular formula is C28H34FO4S2+. The normalized spacial score (nSPS) is 13.6. The van der Waals surface area contributed by atoms with Crippen LogP contribution in [0.25, 0.3) is 0 Å². The molecule has 188 valence electrons. The molecule has 0 saturated heterocycles. The van der Waals surface area contributed by atoms with Crippen LogP contribution in [0.5, 0.6) is 5.75 Å². The van der Waals surface area contributed by atoms with E-state index < -0.39 is 22.2 Å². The SMILES string of the molecule is CC(C)(C)c1ccc([S+](c2ccc(OCC(F)S(=O)(=O)O)cc2)c2ccc(C(C)(C)C)cc2)cc1. The van der Waals surface area contributed by atoms with E-state index in [2.05, 4.69) is 90.1 Å². The van der Waals surface area contributed by atoms with Crippen molar-refractivity contribution < 1.29 is 22.1 Å². The highest BCUT2D eigenvalue weighted by atomic mass is 32.2. The standard InChI is InChI=1S/C28H33FO4S2/c1-27(2,3)20-7-13-23(14-8-20)34(24-15-9-21(10-16-24)28(4,5)6)25-17-11-22(12-18-25)33-19-26(29)35(30,31)32/h7-18,26H,19H2,1-6H3/p+1. The van der Waals surface area contributed by atoms with E-state index in [0.29, 0.717) is 5.75 Å². The number of ether oxygens (including phenoxy) is 1. The van der Waals surface area contributed by atoms with Crippen molar-refractivity contribution in [3.05, 3.63) is 83.9 Å².